The van der Waals surface area contributed by atoms with Crippen LogP contribution in [0.3, 0.4) is 0 Å². The molecule has 0 spiro atoms. The highest BCUT2D eigenvalue weighted by Gasteiger charge is 2.25. The molecule has 2 unspecified atom stereocenters. The van der Waals surface area contributed by atoms with E-state index in [2.05, 4.69) is 13.0 Å². The van der Waals surface area contributed by atoms with Crippen LogP contribution in [-0.2, 0) is 0 Å². The van der Waals surface area contributed by atoms with Crippen molar-refractivity contribution in [2.75, 3.05) is 20.1 Å². The van der Waals surface area contributed by atoms with Gasteiger partial charge in [-0.15, -0.1) is 0 Å². The molecule has 16 heavy (non-hydrogen) atoms. The van der Waals surface area contributed by atoms with Gasteiger partial charge < -0.3 is 9.80 Å². The molecule has 1 aliphatic heterocycles. The van der Waals surface area contributed by atoms with Crippen LogP contribution in [0.4, 0.5) is 4.79 Å². The number of nitrogens with zero attached hydrogens (tertiary/aromatic N) is 3. The second kappa shape index (κ2) is 5.74. The van der Waals surface area contributed by atoms with Crippen LogP contribution >= 0.6 is 0 Å². The molecule has 2 amide bonds. The Kier molecular flexibility index (Phi) is 4.60. The maximum Gasteiger partial charge on any atom is 0.320 e. The van der Waals surface area contributed by atoms with E-state index in [1.807, 2.05) is 11.8 Å². The van der Waals surface area contributed by atoms with Crippen molar-refractivity contribution >= 4 is 6.03 Å². The topological polar surface area (TPSA) is 47.3 Å². The zero-order valence-electron chi connectivity index (χ0n) is 10.4. The Labute approximate surface area is 97.8 Å². The standard InChI is InChI=1S/C12H21N3O/c1-10-5-4-8-15(9-10)12(16)14(3)11(2)6-7-13/h10-11H,4-6,8-9H2,1-3H3. The molecule has 0 bridgehead atoms. The van der Waals surface area contributed by atoms with Crippen LogP contribution in [0.5, 0.6) is 0 Å². The average molecular weight is 223 g/mol. The van der Waals surface area contributed by atoms with E-state index in [1.54, 1.807) is 11.9 Å². The van der Waals surface area contributed by atoms with Gasteiger partial charge in [0.15, 0.2) is 0 Å². The van der Waals surface area contributed by atoms with Crippen LogP contribution in [0.2, 0.25) is 0 Å². The minimum atomic E-state index is -0.00488. The molecule has 0 N–H and O–H groups in total. The third-order valence-electron chi connectivity index (χ3n) is 3.28. The molecule has 0 aromatic carbocycles. The van der Waals surface area contributed by atoms with Crippen molar-refractivity contribution in [3.8, 4) is 6.07 Å². The third kappa shape index (κ3) is 3.13. The average Bonchev–Trinajstić information content (AvgIpc) is 2.27. The van der Waals surface area contributed by atoms with Gasteiger partial charge in [0.25, 0.3) is 0 Å². The van der Waals surface area contributed by atoms with E-state index in [0.29, 0.717) is 12.3 Å². The Morgan fingerprint density at radius 2 is 2.38 bits per heavy atom. The van der Waals surface area contributed by atoms with Gasteiger partial charge in [0.05, 0.1) is 12.5 Å². The molecule has 1 saturated heterocycles. The number of carbonyl (C=O) groups is 1. The van der Waals surface area contributed by atoms with E-state index in [0.717, 1.165) is 19.5 Å². The minimum Gasteiger partial charge on any atom is -0.324 e. The Bertz CT molecular complexity index is 284. The van der Waals surface area contributed by atoms with Crippen molar-refractivity contribution in [1.29, 1.82) is 5.26 Å². The molecular weight excluding hydrogens is 202 g/mol. The first-order chi connectivity index (χ1) is 7.56. The molecule has 1 rings (SSSR count). The number of piperidine rings is 1. The Morgan fingerprint density at radius 1 is 1.69 bits per heavy atom. The second-order valence-corrected chi connectivity index (χ2v) is 4.80. The molecular formula is C12H21N3O. The van der Waals surface area contributed by atoms with E-state index in [4.69, 9.17) is 5.26 Å². The Morgan fingerprint density at radius 3 is 2.94 bits per heavy atom. The molecule has 0 aromatic rings. The van der Waals surface area contributed by atoms with Crippen LogP contribution in [0.1, 0.15) is 33.1 Å². The normalized spacial score (nSPS) is 22.4. The zero-order valence-corrected chi connectivity index (χ0v) is 10.4. The van der Waals surface area contributed by atoms with E-state index in [1.165, 1.54) is 6.42 Å². The van der Waals surface area contributed by atoms with E-state index < -0.39 is 0 Å². The van der Waals surface area contributed by atoms with Gasteiger partial charge in [-0.25, -0.2) is 4.79 Å². The molecule has 0 radical (unpaired) electrons. The first kappa shape index (κ1) is 12.8. The second-order valence-electron chi connectivity index (χ2n) is 4.80. The highest BCUT2D eigenvalue weighted by atomic mass is 16.2. The summed E-state index contributed by atoms with van der Waals surface area (Å²) in [5, 5.41) is 8.62. The molecule has 1 aliphatic rings. The molecule has 0 aliphatic carbocycles. The summed E-state index contributed by atoms with van der Waals surface area (Å²) in [6, 6.07) is 2.16. The molecule has 4 heteroatoms. The van der Waals surface area contributed by atoms with Gasteiger partial charge in [0.1, 0.15) is 0 Å². The highest BCUT2D eigenvalue weighted by molar-refractivity contribution is 5.74. The predicted molar refractivity (Wildman–Crippen MR) is 62.8 cm³/mol. The van der Waals surface area contributed by atoms with Gasteiger partial charge in [-0.1, -0.05) is 6.92 Å². The predicted octanol–water partition coefficient (Wildman–Crippen LogP) is 2.07. The van der Waals surface area contributed by atoms with Crippen LogP contribution in [-0.4, -0.2) is 42.0 Å². The van der Waals surface area contributed by atoms with Gasteiger partial charge in [-0.05, 0) is 25.7 Å². The first-order valence-corrected chi connectivity index (χ1v) is 5.95. The third-order valence-corrected chi connectivity index (χ3v) is 3.28. The lowest BCUT2D eigenvalue weighted by molar-refractivity contribution is 0.129. The van der Waals surface area contributed by atoms with Crippen LogP contribution in [0.25, 0.3) is 0 Å². The number of likely N-dealkylation sites (tertiary alicyclic amines) is 1. The number of hydrogen-bond donors (Lipinski definition) is 0. The summed E-state index contributed by atoms with van der Waals surface area (Å²) in [4.78, 5) is 15.7. The van der Waals surface area contributed by atoms with Crippen molar-refractivity contribution in [2.45, 2.75) is 39.2 Å². The lowest BCUT2D eigenvalue weighted by Gasteiger charge is -2.35. The quantitative estimate of drug-likeness (QED) is 0.719. The monoisotopic (exact) mass is 223 g/mol. The number of hydrogen-bond acceptors (Lipinski definition) is 2. The van der Waals surface area contributed by atoms with E-state index in [-0.39, 0.29) is 12.1 Å². The zero-order chi connectivity index (χ0) is 12.1. The Balaban J connectivity index is 2.53. The summed E-state index contributed by atoms with van der Waals surface area (Å²) >= 11 is 0. The number of carbonyl (C=O) groups excluding carboxylic acids is 1. The molecule has 1 heterocycles. The largest absolute Gasteiger partial charge is 0.324 e. The van der Waals surface area contributed by atoms with Crippen molar-refractivity contribution in [2.24, 2.45) is 5.92 Å². The molecule has 4 nitrogen and oxygen atoms in total. The van der Waals surface area contributed by atoms with Gasteiger partial charge >= 0.3 is 6.03 Å². The van der Waals surface area contributed by atoms with E-state index in [9.17, 15) is 4.79 Å². The van der Waals surface area contributed by atoms with Crippen LogP contribution in [0.15, 0.2) is 0 Å². The van der Waals surface area contributed by atoms with Gasteiger partial charge in [-0.3, -0.25) is 0 Å². The van der Waals surface area contributed by atoms with Gasteiger partial charge in [0, 0.05) is 26.2 Å². The van der Waals surface area contributed by atoms with Crippen LogP contribution in [0, 0.1) is 17.2 Å². The lowest BCUT2D eigenvalue weighted by atomic mass is 10.0. The van der Waals surface area contributed by atoms with Crippen LogP contribution < -0.4 is 0 Å². The smallest absolute Gasteiger partial charge is 0.320 e. The lowest BCUT2D eigenvalue weighted by Crippen LogP contribution is -2.48. The fourth-order valence-electron chi connectivity index (χ4n) is 2.04. The maximum absolute atomic E-state index is 12.1. The SMILES string of the molecule is CC1CCCN(C(=O)N(C)C(C)CC#N)C1. The van der Waals surface area contributed by atoms with Gasteiger partial charge in [-0.2, -0.15) is 5.26 Å². The summed E-state index contributed by atoms with van der Waals surface area (Å²) in [6.45, 7) is 5.79. The van der Waals surface area contributed by atoms with E-state index >= 15 is 0 Å². The number of nitriles is 1. The molecule has 0 aromatic heterocycles. The first-order valence-electron chi connectivity index (χ1n) is 5.95. The number of urea groups is 1. The van der Waals surface area contributed by atoms with Crippen molar-refractivity contribution < 1.29 is 4.79 Å². The van der Waals surface area contributed by atoms with Crippen molar-refractivity contribution in [1.82, 2.24) is 9.80 Å². The van der Waals surface area contributed by atoms with Crippen molar-refractivity contribution in [3.05, 3.63) is 0 Å². The maximum atomic E-state index is 12.1. The summed E-state index contributed by atoms with van der Waals surface area (Å²) in [6.07, 6.45) is 2.69. The summed E-state index contributed by atoms with van der Waals surface area (Å²) in [5.41, 5.74) is 0. The minimum absolute atomic E-state index is 0.00488. The summed E-state index contributed by atoms with van der Waals surface area (Å²) in [7, 11) is 1.78. The fraction of sp³-hybridized carbons (Fsp3) is 0.833. The van der Waals surface area contributed by atoms with Gasteiger partial charge in [0.2, 0.25) is 0 Å². The molecule has 1 fully saturated rings. The fourth-order valence-corrected chi connectivity index (χ4v) is 2.04. The van der Waals surface area contributed by atoms with Crippen molar-refractivity contribution in [3.63, 3.8) is 0 Å². The molecule has 0 saturated carbocycles. The number of rotatable bonds is 2. The molecule has 2 atom stereocenters. The Hall–Kier alpha value is -1.24. The summed E-state index contributed by atoms with van der Waals surface area (Å²) in [5.74, 6) is 0.595. The number of amides is 2. The molecule has 90 valence electrons. The highest BCUT2D eigenvalue weighted by Crippen LogP contribution is 2.17. The summed E-state index contributed by atoms with van der Waals surface area (Å²) < 4.78 is 0.